The van der Waals surface area contributed by atoms with E-state index in [2.05, 4.69) is 22.3 Å². The predicted molar refractivity (Wildman–Crippen MR) is 111 cm³/mol. The number of carbonyl (C=O) groups excluding carboxylic acids is 2. The number of methoxy groups -OCH3 is 1. The Bertz CT molecular complexity index is 939. The van der Waals surface area contributed by atoms with Gasteiger partial charge >= 0.3 is 5.97 Å². The molecule has 1 amide bonds. The molecule has 162 valence electrons. The SMILES string of the molecule is COC(=O)C1(Cc2ccc3nc([C@@H](N)C4CCC(C)CC4)cn3n2)C[C@@H](C)NC1=O. The van der Waals surface area contributed by atoms with Crippen molar-refractivity contribution >= 4 is 17.5 Å². The van der Waals surface area contributed by atoms with Crippen LogP contribution in [0.4, 0.5) is 0 Å². The van der Waals surface area contributed by atoms with Crippen LogP contribution in [0.15, 0.2) is 18.3 Å². The third kappa shape index (κ3) is 3.69. The molecule has 2 aromatic rings. The summed E-state index contributed by atoms with van der Waals surface area (Å²) in [4.78, 5) is 29.8. The Morgan fingerprint density at radius 1 is 1.33 bits per heavy atom. The van der Waals surface area contributed by atoms with Gasteiger partial charge in [-0.05, 0) is 50.2 Å². The normalized spacial score (nSPS) is 30.3. The van der Waals surface area contributed by atoms with E-state index in [0.717, 1.165) is 24.5 Å². The predicted octanol–water partition coefficient (Wildman–Crippen LogP) is 2.17. The van der Waals surface area contributed by atoms with Crippen molar-refractivity contribution < 1.29 is 14.3 Å². The van der Waals surface area contributed by atoms with Gasteiger partial charge in [0.15, 0.2) is 11.1 Å². The standard InChI is InChI=1S/C22H31N5O3/c1-13-4-6-15(7-5-13)19(23)17-12-27-18(25-17)9-8-16(26-27)11-22(21(29)30-3)10-14(2)24-20(22)28/h8-9,12-15,19H,4-7,10-11,23H2,1-3H3,(H,24,28)/t13?,14-,15?,19+,22?/m1/s1. The van der Waals surface area contributed by atoms with Crippen molar-refractivity contribution in [2.45, 2.75) is 64.5 Å². The van der Waals surface area contributed by atoms with Crippen LogP contribution in [-0.2, 0) is 20.7 Å². The largest absolute Gasteiger partial charge is 0.468 e. The highest BCUT2D eigenvalue weighted by atomic mass is 16.5. The highest BCUT2D eigenvalue weighted by molar-refractivity contribution is 6.04. The van der Waals surface area contributed by atoms with E-state index in [9.17, 15) is 9.59 Å². The number of nitrogens with two attached hydrogens (primary N) is 1. The van der Waals surface area contributed by atoms with E-state index in [0.29, 0.717) is 23.7 Å². The van der Waals surface area contributed by atoms with E-state index < -0.39 is 11.4 Å². The average Bonchev–Trinajstić information content (AvgIpc) is 3.27. The lowest BCUT2D eigenvalue weighted by Crippen LogP contribution is -2.41. The minimum Gasteiger partial charge on any atom is -0.468 e. The summed E-state index contributed by atoms with van der Waals surface area (Å²) in [5.41, 5.74) is 7.50. The van der Waals surface area contributed by atoms with Crippen molar-refractivity contribution in [1.29, 1.82) is 0 Å². The van der Waals surface area contributed by atoms with Crippen LogP contribution in [0.2, 0.25) is 0 Å². The van der Waals surface area contributed by atoms with Gasteiger partial charge in [-0.25, -0.2) is 9.50 Å². The molecule has 1 saturated carbocycles. The number of rotatable bonds is 5. The number of hydrogen-bond donors (Lipinski definition) is 2. The van der Waals surface area contributed by atoms with Gasteiger partial charge in [0.05, 0.1) is 30.7 Å². The summed E-state index contributed by atoms with van der Waals surface area (Å²) >= 11 is 0. The molecule has 4 rings (SSSR count). The van der Waals surface area contributed by atoms with Crippen LogP contribution < -0.4 is 11.1 Å². The molecule has 3 heterocycles. The van der Waals surface area contributed by atoms with Crippen molar-refractivity contribution in [2.75, 3.05) is 7.11 Å². The van der Waals surface area contributed by atoms with Crippen molar-refractivity contribution in [3.63, 3.8) is 0 Å². The number of imidazole rings is 1. The molecule has 30 heavy (non-hydrogen) atoms. The van der Waals surface area contributed by atoms with Gasteiger partial charge < -0.3 is 15.8 Å². The van der Waals surface area contributed by atoms with E-state index in [1.165, 1.54) is 20.0 Å². The molecule has 2 aromatic heterocycles. The number of ether oxygens (including phenoxy) is 1. The fraction of sp³-hybridized carbons (Fsp3) is 0.636. The van der Waals surface area contributed by atoms with Gasteiger partial charge in [0.2, 0.25) is 5.91 Å². The van der Waals surface area contributed by atoms with E-state index in [4.69, 9.17) is 10.5 Å². The van der Waals surface area contributed by atoms with Crippen LogP contribution in [-0.4, -0.2) is 39.6 Å². The Morgan fingerprint density at radius 2 is 2.07 bits per heavy atom. The molecule has 0 spiro atoms. The summed E-state index contributed by atoms with van der Waals surface area (Å²) in [6, 6.07) is 3.49. The van der Waals surface area contributed by atoms with Crippen LogP contribution in [0.3, 0.4) is 0 Å². The molecule has 8 nitrogen and oxygen atoms in total. The Labute approximate surface area is 176 Å². The van der Waals surface area contributed by atoms with Crippen molar-refractivity contribution in [3.05, 3.63) is 29.7 Å². The first kappa shape index (κ1) is 20.8. The second-order valence-electron chi connectivity index (χ2n) is 9.17. The first-order valence-corrected chi connectivity index (χ1v) is 10.8. The minimum absolute atomic E-state index is 0.0867. The topological polar surface area (TPSA) is 112 Å². The van der Waals surface area contributed by atoms with Crippen LogP contribution in [0, 0.1) is 17.3 Å². The van der Waals surface area contributed by atoms with E-state index in [1.54, 1.807) is 4.52 Å². The van der Waals surface area contributed by atoms with Crippen molar-refractivity contribution in [2.24, 2.45) is 23.0 Å². The molecule has 1 aliphatic heterocycles. The zero-order valence-corrected chi connectivity index (χ0v) is 17.9. The maximum atomic E-state index is 12.6. The zero-order valence-electron chi connectivity index (χ0n) is 17.9. The summed E-state index contributed by atoms with van der Waals surface area (Å²) in [6.45, 7) is 4.18. The average molecular weight is 414 g/mol. The lowest BCUT2D eigenvalue weighted by atomic mass is 9.79. The Morgan fingerprint density at radius 3 is 2.70 bits per heavy atom. The number of hydrogen-bond acceptors (Lipinski definition) is 6. The van der Waals surface area contributed by atoms with Gasteiger partial charge in [0.1, 0.15) is 0 Å². The van der Waals surface area contributed by atoms with Gasteiger partial charge in [0.25, 0.3) is 0 Å². The Hall–Kier alpha value is -2.48. The molecule has 1 aliphatic carbocycles. The lowest BCUT2D eigenvalue weighted by Gasteiger charge is -2.29. The van der Waals surface area contributed by atoms with Gasteiger partial charge in [-0.1, -0.05) is 19.8 Å². The van der Waals surface area contributed by atoms with Crippen LogP contribution in [0.25, 0.3) is 5.65 Å². The molecule has 0 bridgehead atoms. The van der Waals surface area contributed by atoms with Gasteiger partial charge in [-0.2, -0.15) is 5.10 Å². The molecule has 2 fully saturated rings. The number of carbonyl (C=O) groups is 2. The molecule has 0 radical (unpaired) electrons. The molecule has 3 atom stereocenters. The third-order valence-corrected chi connectivity index (χ3v) is 6.83. The maximum Gasteiger partial charge on any atom is 0.321 e. The monoisotopic (exact) mass is 413 g/mol. The van der Waals surface area contributed by atoms with Crippen LogP contribution in [0.5, 0.6) is 0 Å². The van der Waals surface area contributed by atoms with E-state index >= 15 is 0 Å². The first-order valence-electron chi connectivity index (χ1n) is 10.8. The molecule has 8 heteroatoms. The second kappa shape index (κ2) is 7.98. The van der Waals surface area contributed by atoms with Crippen molar-refractivity contribution in [3.8, 4) is 0 Å². The molecule has 1 unspecified atom stereocenters. The van der Waals surface area contributed by atoms with E-state index in [1.807, 2.05) is 25.3 Å². The molecule has 1 saturated heterocycles. The number of esters is 1. The number of fused-ring (bicyclic) bond motifs is 1. The fourth-order valence-electron chi connectivity index (χ4n) is 5.01. The molecule has 0 aromatic carbocycles. The summed E-state index contributed by atoms with van der Waals surface area (Å²) < 4.78 is 6.67. The fourth-order valence-corrected chi connectivity index (χ4v) is 5.01. The number of nitrogens with zero attached hydrogens (tertiary/aromatic N) is 3. The molecule has 3 N–H and O–H groups in total. The summed E-state index contributed by atoms with van der Waals surface area (Å²) in [5.74, 6) is 0.392. The maximum absolute atomic E-state index is 12.6. The smallest absolute Gasteiger partial charge is 0.321 e. The first-order chi connectivity index (χ1) is 14.3. The number of amides is 1. The second-order valence-corrected chi connectivity index (χ2v) is 9.17. The summed E-state index contributed by atoms with van der Waals surface area (Å²) in [5, 5.41) is 7.47. The van der Waals surface area contributed by atoms with Crippen LogP contribution >= 0.6 is 0 Å². The molecular weight excluding hydrogens is 382 g/mol. The molecular formula is C22H31N5O3. The number of nitrogens with one attached hydrogen (secondary N) is 1. The Balaban J connectivity index is 1.58. The van der Waals surface area contributed by atoms with Gasteiger partial charge in [0, 0.05) is 12.5 Å². The van der Waals surface area contributed by atoms with Gasteiger partial charge in [-0.15, -0.1) is 0 Å². The number of aromatic nitrogens is 3. The molecule has 2 aliphatic rings. The lowest BCUT2D eigenvalue weighted by molar-refractivity contribution is -0.156. The summed E-state index contributed by atoms with van der Waals surface area (Å²) in [7, 11) is 1.31. The van der Waals surface area contributed by atoms with Gasteiger partial charge in [-0.3, -0.25) is 9.59 Å². The summed E-state index contributed by atoms with van der Waals surface area (Å²) in [6.07, 6.45) is 7.13. The minimum atomic E-state index is -1.24. The highest BCUT2D eigenvalue weighted by Gasteiger charge is 2.53. The van der Waals surface area contributed by atoms with Crippen molar-refractivity contribution in [1.82, 2.24) is 19.9 Å². The third-order valence-electron chi connectivity index (χ3n) is 6.83. The quantitative estimate of drug-likeness (QED) is 0.574. The zero-order chi connectivity index (χ0) is 21.5. The Kier molecular flexibility index (Phi) is 5.53. The highest BCUT2D eigenvalue weighted by Crippen LogP contribution is 2.36. The van der Waals surface area contributed by atoms with Crippen LogP contribution in [0.1, 0.15) is 63.4 Å². The van der Waals surface area contributed by atoms with E-state index in [-0.39, 0.29) is 24.4 Å².